The van der Waals surface area contributed by atoms with Crippen molar-refractivity contribution in [2.24, 2.45) is 5.92 Å². The standard InChI is InChI=1S/C16H21NOS/c18-11-12-7-8-13(10-12)17-15-5-3-9-19-16-6-2-1-4-14(15)16/h1-2,4,6-8,12-13,15,17-18H,3,5,9-11H2/t12-,13+,15-/m0/s1. The molecular formula is C16H21NOS. The molecule has 3 atom stereocenters. The fraction of sp³-hybridized carbons (Fsp3) is 0.500. The molecule has 2 nitrogen and oxygen atoms in total. The van der Waals surface area contributed by atoms with Gasteiger partial charge in [0.15, 0.2) is 0 Å². The number of thioether (sulfide) groups is 1. The molecule has 0 unspecified atom stereocenters. The van der Waals surface area contributed by atoms with Crippen LogP contribution in [0.25, 0.3) is 0 Å². The van der Waals surface area contributed by atoms with Gasteiger partial charge in [-0.1, -0.05) is 30.4 Å². The van der Waals surface area contributed by atoms with Crippen molar-refractivity contribution in [3.8, 4) is 0 Å². The molecule has 1 aromatic rings. The molecule has 0 amide bonds. The number of hydrogen-bond acceptors (Lipinski definition) is 3. The van der Waals surface area contributed by atoms with Crippen LogP contribution in [0.5, 0.6) is 0 Å². The summed E-state index contributed by atoms with van der Waals surface area (Å²) in [5.74, 6) is 1.56. The third-order valence-corrected chi connectivity index (χ3v) is 5.19. The highest BCUT2D eigenvalue weighted by molar-refractivity contribution is 7.99. The Morgan fingerprint density at radius 1 is 1.26 bits per heavy atom. The monoisotopic (exact) mass is 275 g/mol. The van der Waals surface area contributed by atoms with Gasteiger partial charge in [0.2, 0.25) is 0 Å². The summed E-state index contributed by atoms with van der Waals surface area (Å²) >= 11 is 1.98. The van der Waals surface area contributed by atoms with Crippen LogP contribution in [-0.4, -0.2) is 23.5 Å². The van der Waals surface area contributed by atoms with Crippen molar-refractivity contribution in [3.63, 3.8) is 0 Å². The molecule has 1 aliphatic carbocycles. The van der Waals surface area contributed by atoms with E-state index < -0.39 is 0 Å². The van der Waals surface area contributed by atoms with Gasteiger partial charge in [-0.05, 0) is 36.6 Å². The molecule has 1 aliphatic heterocycles. The van der Waals surface area contributed by atoms with Crippen LogP contribution in [0, 0.1) is 5.92 Å². The van der Waals surface area contributed by atoms with Gasteiger partial charge in [0.05, 0.1) is 0 Å². The summed E-state index contributed by atoms with van der Waals surface area (Å²) in [5, 5.41) is 13.0. The molecule has 0 aromatic heterocycles. The highest BCUT2D eigenvalue weighted by Crippen LogP contribution is 2.35. The second kappa shape index (κ2) is 6.12. The number of nitrogens with one attached hydrogen (secondary N) is 1. The quantitative estimate of drug-likeness (QED) is 0.831. The van der Waals surface area contributed by atoms with Crippen molar-refractivity contribution < 1.29 is 5.11 Å². The van der Waals surface area contributed by atoms with Gasteiger partial charge in [0.25, 0.3) is 0 Å². The van der Waals surface area contributed by atoms with E-state index in [-0.39, 0.29) is 6.61 Å². The summed E-state index contributed by atoms with van der Waals surface area (Å²) < 4.78 is 0. The minimum absolute atomic E-state index is 0.270. The number of fused-ring (bicyclic) bond motifs is 1. The molecule has 2 N–H and O–H groups in total. The molecule has 0 spiro atoms. The molecule has 0 radical (unpaired) electrons. The summed E-state index contributed by atoms with van der Waals surface area (Å²) in [5.41, 5.74) is 1.45. The maximum absolute atomic E-state index is 9.21. The van der Waals surface area contributed by atoms with Crippen molar-refractivity contribution in [3.05, 3.63) is 42.0 Å². The van der Waals surface area contributed by atoms with Crippen LogP contribution in [0.2, 0.25) is 0 Å². The highest BCUT2D eigenvalue weighted by Gasteiger charge is 2.24. The van der Waals surface area contributed by atoms with Gasteiger partial charge in [-0.25, -0.2) is 0 Å². The van der Waals surface area contributed by atoms with E-state index in [0.717, 1.165) is 6.42 Å². The zero-order valence-corrected chi connectivity index (χ0v) is 11.9. The first-order valence-corrected chi connectivity index (χ1v) is 8.12. The number of aliphatic hydroxyl groups is 1. The van der Waals surface area contributed by atoms with Gasteiger partial charge in [-0.15, -0.1) is 11.8 Å². The molecule has 0 fully saturated rings. The van der Waals surface area contributed by atoms with Gasteiger partial charge in [-0.2, -0.15) is 0 Å². The van der Waals surface area contributed by atoms with E-state index in [9.17, 15) is 5.11 Å². The largest absolute Gasteiger partial charge is 0.396 e. The summed E-state index contributed by atoms with van der Waals surface area (Å²) in [6.45, 7) is 0.270. The van der Waals surface area contributed by atoms with E-state index in [4.69, 9.17) is 0 Å². The molecule has 19 heavy (non-hydrogen) atoms. The maximum atomic E-state index is 9.21. The van der Waals surface area contributed by atoms with Crippen LogP contribution in [-0.2, 0) is 0 Å². The molecule has 3 rings (SSSR count). The molecule has 1 heterocycles. The molecular weight excluding hydrogens is 254 g/mol. The van der Waals surface area contributed by atoms with Gasteiger partial charge in [-0.3, -0.25) is 0 Å². The Morgan fingerprint density at radius 2 is 2.16 bits per heavy atom. The molecule has 1 aromatic carbocycles. The van der Waals surface area contributed by atoms with Gasteiger partial charge in [0, 0.05) is 29.5 Å². The smallest absolute Gasteiger partial charge is 0.0494 e. The first-order valence-electron chi connectivity index (χ1n) is 7.14. The summed E-state index contributed by atoms with van der Waals surface area (Å²) in [7, 11) is 0. The Labute approximate surface area is 119 Å². The lowest BCUT2D eigenvalue weighted by molar-refractivity contribution is 0.244. The van der Waals surface area contributed by atoms with Crippen molar-refractivity contribution in [1.82, 2.24) is 5.32 Å². The van der Waals surface area contributed by atoms with E-state index in [2.05, 4.69) is 41.7 Å². The second-order valence-electron chi connectivity index (χ2n) is 5.42. The average Bonchev–Trinajstić information content (AvgIpc) is 2.80. The van der Waals surface area contributed by atoms with E-state index >= 15 is 0 Å². The zero-order valence-electron chi connectivity index (χ0n) is 11.1. The van der Waals surface area contributed by atoms with Crippen LogP contribution < -0.4 is 5.32 Å². The Kier molecular flexibility index (Phi) is 4.26. The molecule has 0 saturated carbocycles. The summed E-state index contributed by atoms with van der Waals surface area (Å²) in [4.78, 5) is 1.43. The first kappa shape index (κ1) is 13.2. The molecule has 0 saturated heterocycles. The normalized spacial score (nSPS) is 30.1. The number of aliphatic hydroxyl groups excluding tert-OH is 1. The minimum atomic E-state index is 0.270. The molecule has 0 bridgehead atoms. The predicted octanol–water partition coefficient (Wildman–Crippen LogP) is 3.14. The summed E-state index contributed by atoms with van der Waals surface area (Å²) in [6, 6.07) is 9.64. The highest BCUT2D eigenvalue weighted by atomic mass is 32.2. The van der Waals surface area contributed by atoms with Crippen molar-refractivity contribution in [2.75, 3.05) is 12.4 Å². The summed E-state index contributed by atoms with van der Waals surface area (Å²) in [6.07, 6.45) is 7.87. The Hall–Kier alpha value is -0.770. The average molecular weight is 275 g/mol. The van der Waals surface area contributed by atoms with Crippen LogP contribution in [0.4, 0.5) is 0 Å². The van der Waals surface area contributed by atoms with Gasteiger partial charge < -0.3 is 10.4 Å². The van der Waals surface area contributed by atoms with Crippen molar-refractivity contribution in [2.45, 2.75) is 36.2 Å². The van der Waals surface area contributed by atoms with Crippen molar-refractivity contribution >= 4 is 11.8 Å². The minimum Gasteiger partial charge on any atom is -0.396 e. The fourth-order valence-electron chi connectivity index (χ4n) is 2.99. The zero-order chi connectivity index (χ0) is 13.1. The van der Waals surface area contributed by atoms with Crippen LogP contribution in [0.3, 0.4) is 0 Å². The van der Waals surface area contributed by atoms with E-state index in [1.807, 2.05) is 11.8 Å². The van der Waals surface area contributed by atoms with Crippen LogP contribution in [0.1, 0.15) is 30.9 Å². The third-order valence-electron chi connectivity index (χ3n) is 4.01. The van der Waals surface area contributed by atoms with Crippen molar-refractivity contribution in [1.29, 1.82) is 0 Å². The number of benzene rings is 1. The van der Waals surface area contributed by atoms with E-state index in [0.29, 0.717) is 18.0 Å². The lowest BCUT2D eigenvalue weighted by atomic mass is 10.0. The SMILES string of the molecule is OC[C@H]1C=C[C@@H](N[C@H]2CCCSc3ccccc32)C1. The third kappa shape index (κ3) is 3.04. The Balaban J connectivity index is 1.73. The van der Waals surface area contributed by atoms with Gasteiger partial charge in [0.1, 0.15) is 0 Å². The van der Waals surface area contributed by atoms with Gasteiger partial charge >= 0.3 is 0 Å². The molecule has 102 valence electrons. The second-order valence-corrected chi connectivity index (χ2v) is 6.55. The topological polar surface area (TPSA) is 32.3 Å². The Bertz CT molecular complexity index is 460. The lowest BCUT2D eigenvalue weighted by Crippen LogP contribution is -2.31. The number of rotatable bonds is 3. The van der Waals surface area contributed by atoms with Crippen LogP contribution >= 0.6 is 11.8 Å². The molecule has 2 aliphatic rings. The first-order chi connectivity index (χ1) is 9.36. The predicted molar refractivity (Wildman–Crippen MR) is 80.4 cm³/mol. The fourth-order valence-corrected chi connectivity index (χ4v) is 4.07. The van der Waals surface area contributed by atoms with E-state index in [1.165, 1.54) is 29.1 Å². The van der Waals surface area contributed by atoms with E-state index in [1.54, 1.807) is 0 Å². The Morgan fingerprint density at radius 3 is 3.00 bits per heavy atom. The molecule has 3 heteroatoms. The number of hydrogen-bond donors (Lipinski definition) is 2. The van der Waals surface area contributed by atoms with Crippen LogP contribution in [0.15, 0.2) is 41.3 Å². The maximum Gasteiger partial charge on any atom is 0.0494 e. The lowest BCUT2D eigenvalue weighted by Gasteiger charge is -2.23.